The summed E-state index contributed by atoms with van der Waals surface area (Å²) >= 11 is 7.87. The molecule has 0 aliphatic rings. The van der Waals surface area contributed by atoms with Crippen molar-refractivity contribution in [3.63, 3.8) is 0 Å². The lowest BCUT2D eigenvalue weighted by molar-refractivity contribution is 0.468. The maximum Gasteiger partial charge on any atom is 0.336 e. The lowest BCUT2D eigenvalue weighted by atomic mass is 10.1. The molecule has 3 heterocycles. The van der Waals surface area contributed by atoms with Gasteiger partial charge in [-0.15, -0.1) is 10.2 Å². The zero-order valence-corrected chi connectivity index (χ0v) is 19.9. The first-order chi connectivity index (χ1) is 16.4. The molecule has 5 rings (SSSR count). The largest absolute Gasteiger partial charge is 0.508 e. The highest BCUT2D eigenvalue weighted by molar-refractivity contribution is 7.98. The van der Waals surface area contributed by atoms with Gasteiger partial charge in [0, 0.05) is 45.7 Å². The Morgan fingerprint density at radius 3 is 2.65 bits per heavy atom. The number of fused-ring (bicyclic) bond motifs is 1. The van der Waals surface area contributed by atoms with E-state index in [0.717, 1.165) is 27.8 Å². The molecular formula is C25H19ClN4O3S. The molecule has 1 N–H and O–H groups in total. The van der Waals surface area contributed by atoms with Crippen molar-refractivity contribution < 1.29 is 9.52 Å². The van der Waals surface area contributed by atoms with E-state index < -0.39 is 5.63 Å². The number of aromatic nitrogens is 4. The Balaban J connectivity index is 1.61. The van der Waals surface area contributed by atoms with E-state index in [-0.39, 0.29) is 5.75 Å². The lowest BCUT2D eigenvalue weighted by Gasteiger charge is -2.14. The van der Waals surface area contributed by atoms with Crippen LogP contribution in [0.5, 0.6) is 5.75 Å². The molecule has 0 spiro atoms. The minimum Gasteiger partial charge on any atom is -0.508 e. The van der Waals surface area contributed by atoms with Crippen molar-refractivity contribution >= 4 is 34.3 Å². The Kier molecular flexibility index (Phi) is 5.85. The molecule has 0 saturated carbocycles. The fraction of sp³-hybridized carbons (Fsp3) is 0.120. The van der Waals surface area contributed by atoms with Crippen molar-refractivity contribution in [2.75, 3.05) is 0 Å². The van der Waals surface area contributed by atoms with Gasteiger partial charge in [-0.2, -0.15) is 0 Å². The number of aromatic hydroxyl groups is 1. The fourth-order valence-corrected chi connectivity index (χ4v) is 4.89. The molecule has 2 aromatic carbocycles. The van der Waals surface area contributed by atoms with Crippen LogP contribution in [-0.2, 0) is 5.75 Å². The second-order valence-electron chi connectivity index (χ2n) is 7.73. The maximum absolute atomic E-state index is 12.2. The van der Waals surface area contributed by atoms with Gasteiger partial charge in [-0.05, 0) is 61.4 Å². The van der Waals surface area contributed by atoms with E-state index in [0.29, 0.717) is 32.9 Å². The van der Waals surface area contributed by atoms with Crippen molar-refractivity contribution in [3.05, 3.63) is 93.1 Å². The first-order valence-corrected chi connectivity index (χ1v) is 11.8. The third-order valence-electron chi connectivity index (χ3n) is 5.63. The van der Waals surface area contributed by atoms with Crippen molar-refractivity contribution in [3.8, 4) is 22.8 Å². The molecule has 0 bridgehead atoms. The molecular weight excluding hydrogens is 472 g/mol. The number of benzene rings is 2. The van der Waals surface area contributed by atoms with Gasteiger partial charge in [0.15, 0.2) is 11.0 Å². The average Bonchev–Trinajstić information content (AvgIpc) is 3.26. The van der Waals surface area contributed by atoms with E-state index in [1.165, 1.54) is 17.8 Å². The summed E-state index contributed by atoms with van der Waals surface area (Å²) in [6.07, 6.45) is 3.41. The molecule has 5 aromatic rings. The Morgan fingerprint density at radius 2 is 1.85 bits per heavy atom. The summed E-state index contributed by atoms with van der Waals surface area (Å²) in [4.78, 5) is 16.3. The van der Waals surface area contributed by atoms with E-state index in [9.17, 15) is 9.90 Å². The first kappa shape index (κ1) is 22.2. The van der Waals surface area contributed by atoms with Crippen LogP contribution < -0.4 is 5.63 Å². The standard InChI is InChI=1S/C25H19ClN4O3S/c1-14-19(26)4-3-5-20(14)30-24(16-8-10-27-11-9-16)28-29-25(30)34-13-17-12-22(32)33-23-15(2)21(31)7-6-18(17)23/h3-12,31H,13H2,1-2H3. The quantitative estimate of drug-likeness (QED) is 0.249. The molecule has 3 aromatic heterocycles. The van der Waals surface area contributed by atoms with Gasteiger partial charge in [0.05, 0.1) is 5.69 Å². The highest BCUT2D eigenvalue weighted by atomic mass is 35.5. The highest BCUT2D eigenvalue weighted by Gasteiger charge is 2.19. The topological polar surface area (TPSA) is 94.0 Å². The minimum absolute atomic E-state index is 0.0821. The Morgan fingerprint density at radius 1 is 1.06 bits per heavy atom. The lowest BCUT2D eigenvalue weighted by Crippen LogP contribution is -2.04. The number of phenols is 1. The molecule has 0 unspecified atom stereocenters. The molecule has 0 atom stereocenters. The summed E-state index contributed by atoms with van der Waals surface area (Å²) in [5, 5.41) is 21.0. The van der Waals surface area contributed by atoms with Crippen LogP contribution in [0, 0.1) is 13.8 Å². The SMILES string of the molecule is Cc1c(Cl)cccc1-n1c(SCc2cc(=O)oc3c(C)c(O)ccc23)nnc1-c1ccncc1. The molecule has 170 valence electrons. The number of nitrogens with zero attached hydrogens (tertiary/aromatic N) is 4. The number of halogens is 1. The van der Waals surface area contributed by atoms with Gasteiger partial charge in [-0.25, -0.2) is 4.79 Å². The number of phenolic OH excluding ortho intramolecular Hbond substituents is 1. The monoisotopic (exact) mass is 490 g/mol. The maximum atomic E-state index is 12.2. The van der Waals surface area contributed by atoms with Gasteiger partial charge in [0.2, 0.25) is 0 Å². The van der Waals surface area contributed by atoms with Gasteiger partial charge in [0.1, 0.15) is 11.3 Å². The third-order valence-corrected chi connectivity index (χ3v) is 7.01. The van der Waals surface area contributed by atoms with Crippen LogP contribution in [0.1, 0.15) is 16.7 Å². The molecule has 0 aliphatic heterocycles. The van der Waals surface area contributed by atoms with Crippen LogP contribution in [0.4, 0.5) is 0 Å². The van der Waals surface area contributed by atoms with E-state index in [2.05, 4.69) is 15.2 Å². The predicted molar refractivity (Wildman–Crippen MR) is 133 cm³/mol. The number of hydrogen-bond acceptors (Lipinski definition) is 7. The molecule has 0 aliphatic carbocycles. The van der Waals surface area contributed by atoms with Crippen LogP contribution in [0.3, 0.4) is 0 Å². The minimum atomic E-state index is -0.471. The Hall–Kier alpha value is -3.62. The van der Waals surface area contributed by atoms with E-state index in [1.807, 2.05) is 41.8 Å². The number of aryl methyl sites for hydroxylation is 1. The van der Waals surface area contributed by atoms with Crippen molar-refractivity contribution in [1.82, 2.24) is 19.7 Å². The van der Waals surface area contributed by atoms with Crippen LogP contribution in [0.15, 0.2) is 75.3 Å². The zero-order valence-electron chi connectivity index (χ0n) is 18.3. The molecule has 0 saturated heterocycles. The molecule has 0 fully saturated rings. The molecule has 0 amide bonds. The van der Waals surface area contributed by atoms with Gasteiger partial charge < -0.3 is 9.52 Å². The predicted octanol–water partition coefficient (Wildman–Crippen LogP) is 5.70. The molecule has 9 heteroatoms. The van der Waals surface area contributed by atoms with Gasteiger partial charge >= 0.3 is 5.63 Å². The summed E-state index contributed by atoms with van der Waals surface area (Å²) in [5.41, 5.74) is 3.85. The van der Waals surface area contributed by atoms with Crippen LogP contribution >= 0.6 is 23.4 Å². The summed E-state index contributed by atoms with van der Waals surface area (Å²) in [6, 6.07) is 14.3. The van der Waals surface area contributed by atoms with Crippen molar-refractivity contribution in [2.45, 2.75) is 24.8 Å². The Labute approximate surface area is 204 Å². The first-order valence-electron chi connectivity index (χ1n) is 10.4. The smallest absolute Gasteiger partial charge is 0.336 e. The molecule has 34 heavy (non-hydrogen) atoms. The number of pyridine rings is 1. The average molecular weight is 491 g/mol. The number of thioether (sulfide) groups is 1. The van der Waals surface area contributed by atoms with Crippen LogP contribution in [0.2, 0.25) is 5.02 Å². The number of rotatable bonds is 5. The summed E-state index contributed by atoms with van der Waals surface area (Å²) in [5.74, 6) is 1.19. The van der Waals surface area contributed by atoms with Crippen LogP contribution in [0.25, 0.3) is 28.0 Å². The number of hydrogen-bond donors (Lipinski definition) is 1. The summed E-state index contributed by atoms with van der Waals surface area (Å²) in [7, 11) is 0. The van der Waals surface area contributed by atoms with Crippen molar-refractivity contribution in [2.24, 2.45) is 0 Å². The van der Waals surface area contributed by atoms with E-state index in [1.54, 1.807) is 31.5 Å². The highest BCUT2D eigenvalue weighted by Crippen LogP contribution is 2.34. The normalized spacial score (nSPS) is 11.3. The Bertz CT molecular complexity index is 1580. The van der Waals surface area contributed by atoms with E-state index >= 15 is 0 Å². The second kappa shape index (κ2) is 8.96. The molecule has 7 nitrogen and oxygen atoms in total. The van der Waals surface area contributed by atoms with Gasteiger partial charge in [-0.3, -0.25) is 9.55 Å². The van der Waals surface area contributed by atoms with Gasteiger partial charge in [0.25, 0.3) is 0 Å². The van der Waals surface area contributed by atoms with Gasteiger partial charge in [-0.1, -0.05) is 29.4 Å². The summed E-state index contributed by atoms with van der Waals surface area (Å²) < 4.78 is 7.34. The summed E-state index contributed by atoms with van der Waals surface area (Å²) in [6.45, 7) is 3.67. The zero-order chi connectivity index (χ0) is 23.8. The van der Waals surface area contributed by atoms with E-state index in [4.69, 9.17) is 16.0 Å². The van der Waals surface area contributed by atoms with Crippen molar-refractivity contribution in [1.29, 1.82) is 0 Å². The molecule has 0 radical (unpaired) electrons. The second-order valence-corrected chi connectivity index (χ2v) is 9.08. The van der Waals surface area contributed by atoms with Crippen LogP contribution in [-0.4, -0.2) is 24.9 Å². The third kappa shape index (κ3) is 3.95. The fourth-order valence-electron chi connectivity index (χ4n) is 3.78.